The number of fused-ring (bicyclic) bond motifs is 1. The second-order valence-corrected chi connectivity index (χ2v) is 5.48. The van der Waals surface area contributed by atoms with Crippen LogP contribution in [0.4, 0.5) is 4.39 Å². The Morgan fingerprint density at radius 3 is 3.19 bits per heavy atom. The lowest BCUT2D eigenvalue weighted by Crippen LogP contribution is -2.60. The molecule has 0 spiro atoms. The molecule has 114 valence electrons. The first-order chi connectivity index (χ1) is 10.2. The molecule has 3 rings (SSSR count). The number of carbonyl (C=O) groups is 1. The Morgan fingerprint density at radius 1 is 1.52 bits per heavy atom. The molecule has 2 unspecified atom stereocenters. The van der Waals surface area contributed by atoms with Crippen molar-refractivity contribution in [3.05, 3.63) is 29.6 Å². The number of ether oxygens (including phenoxy) is 2. The van der Waals surface area contributed by atoms with Gasteiger partial charge in [0.15, 0.2) is 11.6 Å². The SMILES string of the molecule is COc1cccc(CN2CCC3OCC(=O)NC3C2)c1F. The Hall–Kier alpha value is -1.66. The largest absolute Gasteiger partial charge is 0.494 e. The molecule has 0 bridgehead atoms. The maximum absolute atomic E-state index is 14.2. The molecule has 1 N–H and O–H groups in total. The number of rotatable bonds is 3. The smallest absolute Gasteiger partial charge is 0.246 e. The molecule has 2 heterocycles. The van der Waals surface area contributed by atoms with Gasteiger partial charge in [0.2, 0.25) is 5.91 Å². The number of hydrogen-bond acceptors (Lipinski definition) is 4. The molecule has 0 aromatic heterocycles. The second kappa shape index (κ2) is 5.99. The van der Waals surface area contributed by atoms with E-state index in [-0.39, 0.29) is 36.2 Å². The monoisotopic (exact) mass is 294 g/mol. The van der Waals surface area contributed by atoms with Crippen molar-refractivity contribution >= 4 is 5.91 Å². The molecule has 21 heavy (non-hydrogen) atoms. The van der Waals surface area contributed by atoms with Crippen molar-refractivity contribution in [1.82, 2.24) is 10.2 Å². The molecule has 0 aliphatic carbocycles. The van der Waals surface area contributed by atoms with E-state index in [1.54, 1.807) is 18.2 Å². The van der Waals surface area contributed by atoms with Crippen LogP contribution in [0.2, 0.25) is 0 Å². The van der Waals surface area contributed by atoms with Crippen LogP contribution in [-0.4, -0.2) is 49.8 Å². The fourth-order valence-electron chi connectivity index (χ4n) is 2.99. The molecule has 2 fully saturated rings. The molecular formula is C15H19FN2O3. The summed E-state index contributed by atoms with van der Waals surface area (Å²) in [6.07, 6.45) is 0.922. The van der Waals surface area contributed by atoms with Crippen LogP contribution in [0.5, 0.6) is 5.75 Å². The molecular weight excluding hydrogens is 275 g/mol. The first-order valence-electron chi connectivity index (χ1n) is 7.12. The number of amides is 1. The van der Waals surface area contributed by atoms with Gasteiger partial charge in [0.05, 0.1) is 19.3 Å². The maximum atomic E-state index is 14.2. The third-order valence-corrected chi connectivity index (χ3v) is 4.07. The first kappa shape index (κ1) is 14.3. The maximum Gasteiger partial charge on any atom is 0.246 e. The molecule has 2 aliphatic heterocycles. The Balaban J connectivity index is 1.67. The van der Waals surface area contributed by atoms with Gasteiger partial charge in [-0.3, -0.25) is 9.69 Å². The van der Waals surface area contributed by atoms with Crippen molar-refractivity contribution < 1.29 is 18.7 Å². The summed E-state index contributed by atoms with van der Waals surface area (Å²) in [6, 6.07) is 5.16. The van der Waals surface area contributed by atoms with Gasteiger partial charge in [-0.25, -0.2) is 4.39 Å². The van der Waals surface area contributed by atoms with Gasteiger partial charge in [0, 0.05) is 25.2 Å². The van der Waals surface area contributed by atoms with Gasteiger partial charge in [0.25, 0.3) is 0 Å². The Bertz CT molecular complexity index is 538. The summed E-state index contributed by atoms with van der Waals surface area (Å²) in [4.78, 5) is 13.5. The predicted octanol–water partition coefficient (Wildman–Crippen LogP) is 0.924. The Morgan fingerprint density at radius 2 is 2.38 bits per heavy atom. The average molecular weight is 294 g/mol. The quantitative estimate of drug-likeness (QED) is 0.901. The van der Waals surface area contributed by atoms with Crippen LogP contribution in [0.25, 0.3) is 0 Å². The first-order valence-corrected chi connectivity index (χ1v) is 7.12. The summed E-state index contributed by atoms with van der Waals surface area (Å²) in [5, 5.41) is 2.95. The van der Waals surface area contributed by atoms with Crippen LogP contribution in [0, 0.1) is 5.82 Å². The Kier molecular flexibility index (Phi) is 4.07. The molecule has 0 saturated carbocycles. The number of morpholine rings is 1. The molecule has 2 atom stereocenters. The lowest BCUT2D eigenvalue weighted by Gasteiger charge is -2.41. The van der Waals surface area contributed by atoms with Gasteiger partial charge in [-0.2, -0.15) is 0 Å². The fourth-order valence-corrected chi connectivity index (χ4v) is 2.99. The van der Waals surface area contributed by atoms with E-state index in [9.17, 15) is 9.18 Å². The highest BCUT2D eigenvalue weighted by Crippen LogP contribution is 2.24. The minimum Gasteiger partial charge on any atom is -0.494 e. The topological polar surface area (TPSA) is 50.8 Å². The molecule has 0 radical (unpaired) electrons. The number of halogens is 1. The second-order valence-electron chi connectivity index (χ2n) is 5.48. The third kappa shape index (κ3) is 3.01. The summed E-state index contributed by atoms with van der Waals surface area (Å²) < 4.78 is 24.7. The summed E-state index contributed by atoms with van der Waals surface area (Å²) in [6.45, 7) is 2.15. The molecule has 2 aliphatic rings. The van der Waals surface area contributed by atoms with Crippen molar-refractivity contribution in [1.29, 1.82) is 0 Å². The number of hydrogen-bond donors (Lipinski definition) is 1. The molecule has 6 heteroatoms. The molecule has 1 aromatic carbocycles. The van der Waals surface area contributed by atoms with E-state index in [1.807, 2.05) is 0 Å². The van der Waals surface area contributed by atoms with Gasteiger partial charge >= 0.3 is 0 Å². The molecule has 2 saturated heterocycles. The number of nitrogens with one attached hydrogen (secondary N) is 1. The van der Waals surface area contributed by atoms with E-state index in [4.69, 9.17) is 9.47 Å². The van der Waals surface area contributed by atoms with E-state index < -0.39 is 0 Å². The van der Waals surface area contributed by atoms with Gasteiger partial charge in [-0.1, -0.05) is 12.1 Å². The zero-order valence-electron chi connectivity index (χ0n) is 12.0. The summed E-state index contributed by atoms with van der Waals surface area (Å²) in [5.74, 6) is -0.131. The summed E-state index contributed by atoms with van der Waals surface area (Å²) >= 11 is 0. The van der Waals surface area contributed by atoms with E-state index in [2.05, 4.69) is 10.2 Å². The highest BCUT2D eigenvalue weighted by atomic mass is 19.1. The van der Waals surface area contributed by atoms with Gasteiger partial charge < -0.3 is 14.8 Å². The fraction of sp³-hybridized carbons (Fsp3) is 0.533. The standard InChI is InChI=1S/C15H19FN2O3/c1-20-13-4-2-3-10(15(13)16)7-18-6-5-12-11(8-18)17-14(19)9-21-12/h2-4,11-12H,5-9H2,1H3,(H,17,19). The lowest BCUT2D eigenvalue weighted by atomic mass is 10.00. The average Bonchev–Trinajstić information content (AvgIpc) is 2.49. The van der Waals surface area contributed by atoms with Crippen LogP contribution in [0.3, 0.4) is 0 Å². The molecule has 1 amide bonds. The predicted molar refractivity (Wildman–Crippen MR) is 74.5 cm³/mol. The minimum absolute atomic E-state index is 0.00586. The Labute approximate surface area is 123 Å². The van der Waals surface area contributed by atoms with Gasteiger partial charge in [-0.05, 0) is 12.5 Å². The molecule has 1 aromatic rings. The summed E-state index contributed by atoms with van der Waals surface area (Å²) in [7, 11) is 1.46. The number of carbonyl (C=O) groups excluding carboxylic acids is 1. The number of likely N-dealkylation sites (tertiary alicyclic amines) is 1. The normalized spacial score (nSPS) is 26.1. The third-order valence-electron chi connectivity index (χ3n) is 4.07. The van der Waals surface area contributed by atoms with Crippen LogP contribution in [0.15, 0.2) is 18.2 Å². The highest BCUT2D eigenvalue weighted by Gasteiger charge is 2.34. The van der Waals surface area contributed by atoms with Crippen molar-refractivity contribution in [2.24, 2.45) is 0 Å². The molecule has 5 nitrogen and oxygen atoms in total. The van der Waals surface area contributed by atoms with E-state index in [0.717, 1.165) is 13.0 Å². The number of nitrogens with zero attached hydrogens (tertiary/aromatic N) is 1. The van der Waals surface area contributed by atoms with Crippen LogP contribution in [-0.2, 0) is 16.1 Å². The summed E-state index contributed by atoms with van der Waals surface area (Å²) in [5.41, 5.74) is 0.607. The van der Waals surface area contributed by atoms with E-state index in [0.29, 0.717) is 18.7 Å². The van der Waals surface area contributed by atoms with Gasteiger partial charge in [-0.15, -0.1) is 0 Å². The number of piperidine rings is 1. The van der Waals surface area contributed by atoms with Crippen molar-refractivity contribution in [3.63, 3.8) is 0 Å². The van der Waals surface area contributed by atoms with E-state index in [1.165, 1.54) is 7.11 Å². The van der Waals surface area contributed by atoms with Crippen molar-refractivity contribution in [2.75, 3.05) is 26.8 Å². The lowest BCUT2D eigenvalue weighted by molar-refractivity contribution is -0.140. The highest BCUT2D eigenvalue weighted by molar-refractivity contribution is 5.78. The van der Waals surface area contributed by atoms with E-state index >= 15 is 0 Å². The zero-order chi connectivity index (χ0) is 14.8. The minimum atomic E-state index is -0.314. The van der Waals surface area contributed by atoms with Crippen LogP contribution in [0.1, 0.15) is 12.0 Å². The van der Waals surface area contributed by atoms with Crippen molar-refractivity contribution in [2.45, 2.75) is 25.1 Å². The number of methoxy groups -OCH3 is 1. The van der Waals surface area contributed by atoms with Gasteiger partial charge in [0.1, 0.15) is 6.61 Å². The van der Waals surface area contributed by atoms with Crippen LogP contribution < -0.4 is 10.1 Å². The zero-order valence-corrected chi connectivity index (χ0v) is 12.0. The van der Waals surface area contributed by atoms with Crippen LogP contribution >= 0.6 is 0 Å². The number of benzene rings is 1. The van der Waals surface area contributed by atoms with Crippen molar-refractivity contribution in [3.8, 4) is 5.75 Å².